The Kier molecular flexibility index (Phi) is 7.20. The molecule has 0 unspecified atom stereocenters. The summed E-state index contributed by atoms with van der Waals surface area (Å²) in [6.45, 7) is 1.92. The summed E-state index contributed by atoms with van der Waals surface area (Å²) in [7, 11) is -0.887. The van der Waals surface area contributed by atoms with E-state index in [1.54, 1.807) is 13.0 Å². The van der Waals surface area contributed by atoms with Crippen molar-refractivity contribution in [2.75, 3.05) is 32.6 Å². The standard InChI is InChI=1S/C18H27N3O5S/c1-4-26-15-10-9-14(11-16(15)27(24,25)21(2)3)20-17(22)12-19-18(23)13-7-5-6-8-13/h9-11,13H,4-8,12H2,1-3H3,(H,19,23)(H,20,22). The minimum Gasteiger partial charge on any atom is -0.492 e. The highest BCUT2D eigenvalue weighted by atomic mass is 32.2. The highest BCUT2D eigenvalue weighted by Gasteiger charge is 2.24. The first kappa shape index (κ1) is 21.2. The predicted octanol–water partition coefficient (Wildman–Crippen LogP) is 1.58. The second kappa shape index (κ2) is 9.18. The predicted molar refractivity (Wildman–Crippen MR) is 102 cm³/mol. The maximum absolute atomic E-state index is 12.5. The maximum atomic E-state index is 12.5. The van der Waals surface area contributed by atoms with Crippen LogP contribution in [0.15, 0.2) is 23.1 Å². The van der Waals surface area contributed by atoms with E-state index >= 15 is 0 Å². The topological polar surface area (TPSA) is 105 Å². The van der Waals surface area contributed by atoms with Gasteiger partial charge in [0.2, 0.25) is 21.8 Å². The van der Waals surface area contributed by atoms with E-state index in [4.69, 9.17) is 4.74 Å². The fourth-order valence-electron chi connectivity index (χ4n) is 2.96. The summed E-state index contributed by atoms with van der Waals surface area (Å²) in [6.07, 6.45) is 3.80. The molecule has 0 saturated heterocycles. The zero-order valence-corrected chi connectivity index (χ0v) is 16.8. The van der Waals surface area contributed by atoms with Crippen molar-refractivity contribution in [3.63, 3.8) is 0 Å². The van der Waals surface area contributed by atoms with E-state index in [1.807, 2.05) is 0 Å². The minimum atomic E-state index is -3.74. The molecule has 150 valence electrons. The van der Waals surface area contributed by atoms with Crippen molar-refractivity contribution in [2.24, 2.45) is 5.92 Å². The summed E-state index contributed by atoms with van der Waals surface area (Å²) >= 11 is 0. The first-order valence-corrected chi connectivity index (χ1v) is 10.5. The van der Waals surface area contributed by atoms with Crippen LogP contribution in [0, 0.1) is 5.92 Å². The van der Waals surface area contributed by atoms with Crippen LogP contribution in [-0.2, 0) is 19.6 Å². The fraction of sp³-hybridized carbons (Fsp3) is 0.556. The summed E-state index contributed by atoms with van der Waals surface area (Å²) in [6, 6.07) is 4.43. The number of nitrogens with zero attached hydrogens (tertiary/aromatic N) is 1. The van der Waals surface area contributed by atoms with Gasteiger partial charge in [-0.25, -0.2) is 12.7 Å². The molecule has 1 aromatic rings. The lowest BCUT2D eigenvalue weighted by atomic mass is 10.1. The van der Waals surface area contributed by atoms with E-state index in [0.717, 1.165) is 30.0 Å². The summed E-state index contributed by atoms with van der Waals surface area (Å²) < 4.78 is 31.5. The number of carbonyl (C=O) groups excluding carboxylic acids is 2. The normalized spacial score (nSPS) is 15.0. The van der Waals surface area contributed by atoms with Crippen LogP contribution in [0.25, 0.3) is 0 Å². The molecule has 1 aliphatic carbocycles. The number of hydrogen-bond acceptors (Lipinski definition) is 5. The third-order valence-corrected chi connectivity index (χ3v) is 6.27. The van der Waals surface area contributed by atoms with Crippen LogP contribution in [0.3, 0.4) is 0 Å². The molecule has 2 amide bonds. The van der Waals surface area contributed by atoms with Gasteiger partial charge >= 0.3 is 0 Å². The Morgan fingerprint density at radius 3 is 2.48 bits per heavy atom. The van der Waals surface area contributed by atoms with Gasteiger partial charge in [0.05, 0.1) is 13.2 Å². The van der Waals surface area contributed by atoms with E-state index in [9.17, 15) is 18.0 Å². The molecule has 0 spiro atoms. The Balaban J connectivity index is 2.07. The van der Waals surface area contributed by atoms with Crippen molar-refractivity contribution >= 4 is 27.5 Å². The summed E-state index contributed by atoms with van der Waals surface area (Å²) in [5.74, 6) is -0.317. The molecule has 1 aliphatic rings. The Morgan fingerprint density at radius 1 is 1.22 bits per heavy atom. The number of hydrogen-bond donors (Lipinski definition) is 2. The Labute approximate surface area is 160 Å². The number of rotatable bonds is 8. The van der Waals surface area contributed by atoms with Gasteiger partial charge in [0, 0.05) is 25.7 Å². The van der Waals surface area contributed by atoms with Crippen LogP contribution in [0.2, 0.25) is 0 Å². The lowest BCUT2D eigenvalue weighted by Crippen LogP contribution is -2.36. The number of anilines is 1. The quantitative estimate of drug-likeness (QED) is 0.693. The van der Waals surface area contributed by atoms with Gasteiger partial charge in [-0.05, 0) is 38.0 Å². The van der Waals surface area contributed by atoms with Crippen molar-refractivity contribution < 1.29 is 22.7 Å². The molecule has 27 heavy (non-hydrogen) atoms. The molecule has 0 aromatic heterocycles. The summed E-state index contributed by atoms with van der Waals surface area (Å²) in [5.41, 5.74) is 0.319. The molecule has 0 heterocycles. The highest BCUT2D eigenvalue weighted by Crippen LogP contribution is 2.29. The van der Waals surface area contributed by atoms with Gasteiger partial charge in [0.15, 0.2) is 0 Å². The van der Waals surface area contributed by atoms with Crippen LogP contribution >= 0.6 is 0 Å². The molecule has 2 rings (SSSR count). The average molecular weight is 397 g/mol. The zero-order chi connectivity index (χ0) is 20.0. The molecule has 0 bridgehead atoms. The lowest BCUT2D eigenvalue weighted by Gasteiger charge is -2.17. The van der Waals surface area contributed by atoms with E-state index in [-0.39, 0.29) is 29.0 Å². The first-order chi connectivity index (χ1) is 12.8. The second-order valence-electron chi connectivity index (χ2n) is 6.63. The van der Waals surface area contributed by atoms with Crippen molar-refractivity contribution in [1.29, 1.82) is 0 Å². The van der Waals surface area contributed by atoms with Crippen molar-refractivity contribution in [2.45, 2.75) is 37.5 Å². The molecular formula is C18H27N3O5S. The minimum absolute atomic E-state index is 0.0138. The van der Waals surface area contributed by atoms with Gasteiger partial charge in [-0.2, -0.15) is 0 Å². The van der Waals surface area contributed by atoms with Gasteiger partial charge in [-0.15, -0.1) is 0 Å². The van der Waals surface area contributed by atoms with Crippen molar-refractivity contribution in [1.82, 2.24) is 9.62 Å². The third-order valence-electron chi connectivity index (χ3n) is 4.44. The van der Waals surface area contributed by atoms with Crippen LogP contribution in [-0.4, -0.2) is 51.8 Å². The number of benzene rings is 1. The monoisotopic (exact) mass is 397 g/mol. The van der Waals surface area contributed by atoms with Crippen molar-refractivity contribution in [3.05, 3.63) is 18.2 Å². The number of amides is 2. The van der Waals surface area contributed by atoms with Crippen LogP contribution < -0.4 is 15.4 Å². The zero-order valence-electron chi connectivity index (χ0n) is 15.9. The summed E-state index contributed by atoms with van der Waals surface area (Å²) in [4.78, 5) is 24.1. The maximum Gasteiger partial charge on any atom is 0.246 e. The largest absolute Gasteiger partial charge is 0.492 e. The lowest BCUT2D eigenvalue weighted by molar-refractivity contribution is -0.127. The van der Waals surface area contributed by atoms with Gasteiger partial charge in [-0.1, -0.05) is 12.8 Å². The van der Waals surface area contributed by atoms with Crippen LogP contribution in [0.5, 0.6) is 5.75 Å². The summed E-state index contributed by atoms with van der Waals surface area (Å²) in [5, 5.41) is 5.25. The SMILES string of the molecule is CCOc1ccc(NC(=O)CNC(=O)C2CCCC2)cc1S(=O)(=O)N(C)C. The van der Waals surface area contributed by atoms with Crippen LogP contribution in [0.4, 0.5) is 5.69 Å². The molecule has 8 nitrogen and oxygen atoms in total. The number of ether oxygens (including phenoxy) is 1. The Morgan fingerprint density at radius 2 is 1.89 bits per heavy atom. The van der Waals surface area contributed by atoms with Crippen LogP contribution in [0.1, 0.15) is 32.6 Å². The molecule has 9 heteroatoms. The second-order valence-corrected chi connectivity index (χ2v) is 8.75. The smallest absolute Gasteiger partial charge is 0.246 e. The molecule has 1 aromatic carbocycles. The molecule has 1 fully saturated rings. The Bertz CT molecular complexity index is 786. The molecule has 0 aliphatic heterocycles. The Hall–Kier alpha value is -2.13. The molecular weight excluding hydrogens is 370 g/mol. The van der Waals surface area contributed by atoms with E-state index in [2.05, 4.69) is 10.6 Å². The molecule has 1 saturated carbocycles. The van der Waals surface area contributed by atoms with E-state index in [1.165, 1.54) is 26.2 Å². The highest BCUT2D eigenvalue weighted by molar-refractivity contribution is 7.89. The number of nitrogens with one attached hydrogen (secondary N) is 2. The van der Waals surface area contributed by atoms with Crippen molar-refractivity contribution in [3.8, 4) is 5.75 Å². The fourth-order valence-corrected chi connectivity index (χ4v) is 4.01. The van der Waals surface area contributed by atoms with E-state index in [0.29, 0.717) is 12.3 Å². The van der Waals surface area contributed by atoms with Gasteiger partial charge in [0.25, 0.3) is 0 Å². The average Bonchev–Trinajstić information content (AvgIpc) is 3.15. The number of carbonyl (C=O) groups is 2. The first-order valence-electron chi connectivity index (χ1n) is 9.02. The van der Waals surface area contributed by atoms with Gasteiger partial charge in [0.1, 0.15) is 10.6 Å². The number of sulfonamides is 1. The van der Waals surface area contributed by atoms with Gasteiger partial charge < -0.3 is 15.4 Å². The van der Waals surface area contributed by atoms with E-state index < -0.39 is 15.9 Å². The third kappa shape index (κ3) is 5.43. The molecule has 0 radical (unpaired) electrons. The molecule has 2 N–H and O–H groups in total. The molecule has 0 atom stereocenters. The van der Waals surface area contributed by atoms with Gasteiger partial charge in [-0.3, -0.25) is 9.59 Å².